The number of ketones is 1. The van der Waals surface area contributed by atoms with E-state index in [4.69, 9.17) is 0 Å². The topological polar surface area (TPSA) is 20.3 Å². The summed E-state index contributed by atoms with van der Waals surface area (Å²) in [6, 6.07) is 6.78. The van der Waals surface area contributed by atoms with Crippen LogP contribution in [0.3, 0.4) is 0 Å². The largest absolute Gasteiger partial charge is 0.306 e. The Bertz CT molecular complexity index is 484. The lowest BCUT2D eigenvalue weighted by molar-refractivity contribution is -0.125. The van der Waals surface area contributed by atoms with E-state index in [9.17, 15) is 9.18 Å². The van der Waals surface area contributed by atoms with Gasteiger partial charge in [0.05, 0.1) is 0 Å². The molecule has 0 aliphatic carbocycles. The van der Waals surface area contributed by atoms with Crippen LogP contribution >= 0.6 is 0 Å². The molecule has 1 atom stereocenters. The first-order chi connectivity index (χ1) is 9.40. The lowest BCUT2D eigenvalue weighted by atomic mass is 9.76. The van der Waals surface area contributed by atoms with E-state index in [1.807, 2.05) is 19.9 Å². The van der Waals surface area contributed by atoms with Gasteiger partial charge in [-0.2, -0.15) is 0 Å². The lowest BCUT2D eigenvalue weighted by Gasteiger charge is -2.32. The fourth-order valence-corrected chi connectivity index (χ4v) is 3.11. The predicted molar refractivity (Wildman–Crippen MR) is 79.3 cm³/mol. The zero-order valence-corrected chi connectivity index (χ0v) is 12.7. The highest BCUT2D eigenvalue weighted by Gasteiger charge is 2.31. The Morgan fingerprint density at radius 2 is 2.10 bits per heavy atom. The minimum atomic E-state index is -0.446. The maximum absolute atomic E-state index is 13.9. The van der Waals surface area contributed by atoms with Crippen LogP contribution in [0, 0.1) is 11.7 Å². The molecule has 0 N–H and O–H groups in total. The quantitative estimate of drug-likeness (QED) is 0.840. The van der Waals surface area contributed by atoms with Crippen LogP contribution in [-0.2, 0) is 10.2 Å². The summed E-state index contributed by atoms with van der Waals surface area (Å²) in [6.07, 6.45) is 2.45. The molecule has 1 aliphatic rings. The summed E-state index contributed by atoms with van der Waals surface area (Å²) in [4.78, 5) is 14.7. The van der Waals surface area contributed by atoms with E-state index in [0.717, 1.165) is 25.9 Å². The normalized spacial score (nSPS) is 20.9. The van der Waals surface area contributed by atoms with Gasteiger partial charge in [-0.25, -0.2) is 4.39 Å². The summed E-state index contributed by atoms with van der Waals surface area (Å²) in [5.41, 5.74) is 0.191. The zero-order chi connectivity index (χ0) is 14.8. The van der Waals surface area contributed by atoms with E-state index in [2.05, 4.69) is 11.9 Å². The Morgan fingerprint density at radius 1 is 1.40 bits per heavy atom. The molecule has 20 heavy (non-hydrogen) atoms. The van der Waals surface area contributed by atoms with Gasteiger partial charge in [0.15, 0.2) is 0 Å². The molecule has 1 aromatic carbocycles. The van der Waals surface area contributed by atoms with Crippen LogP contribution in [-0.4, -0.2) is 30.8 Å². The van der Waals surface area contributed by atoms with Crippen molar-refractivity contribution in [1.82, 2.24) is 4.90 Å². The first-order valence-corrected chi connectivity index (χ1v) is 7.36. The smallest absolute Gasteiger partial charge is 0.138 e. The van der Waals surface area contributed by atoms with E-state index in [1.165, 1.54) is 6.07 Å². The third kappa shape index (κ3) is 3.45. The predicted octanol–water partition coefficient (Wildman–Crippen LogP) is 3.40. The average Bonchev–Trinajstić information content (AvgIpc) is 2.38. The SMILES string of the molecule is CN1CCC[C@H](C(=O)CC(C)(C)c2ccccc2F)C1. The molecule has 2 rings (SSSR count). The molecule has 0 spiro atoms. The van der Waals surface area contributed by atoms with E-state index in [-0.39, 0.29) is 17.5 Å². The molecule has 0 saturated carbocycles. The number of Topliss-reactive ketones (excluding diaryl/α,β-unsaturated/α-hetero) is 1. The van der Waals surface area contributed by atoms with Crippen LogP contribution < -0.4 is 0 Å². The van der Waals surface area contributed by atoms with Gasteiger partial charge in [0.25, 0.3) is 0 Å². The van der Waals surface area contributed by atoms with Crippen molar-refractivity contribution < 1.29 is 9.18 Å². The summed E-state index contributed by atoms with van der Waals surface area (Å²) in [5.74, 6) is 0.163. The van der Waals surface area contributed by atoms with E-state index in [0.29, 0.717) is 12.0 Å². The molecule has 110 valence electrons. The van der Waals surface area contributed by atoms with Gasteiger partial charge in [-0.05, 0) is 43.5 Å². The van der Waals surface area contributed by atoms with Crippen molar-refractivity contribution in [2.75, 3.05) is 20.1 Å². The molecule has 1 fully saturated rings. The number of piperidine rings is 1. The zero-order valence-electron chi connectivity index (χ0n) is 12.7. The van der Waals surface area contributed by atoms with Gasteiger partial charge in [-0.15, -0.1) is 0 Å². The maximum Gasteiger partial charge on any atom is 0.138 e. The number of likely N-dealkylation sites (tertiary alicyclic amines) is 1. The van der Waals surface area contributed by atoms with Gasteiger partial charge in [0.1, 0.15) is 11.6 Å². The molecule has 1 aromatic rings. The van der Waals surface area contributed by atoms with Crippen molar-refractivity contribution in [1.29, 1.82) is 0 Å². The van der Waals surface area contributed by atoms with Crippen LogP contribution in [0.2, 0.25) is 0 Å². The van der Waals surface area contributed by atoms with Crippen molar-refractivity contribution in [2.24, 2.45) is 5.92 Å². The Morgan fingerprint density at radius 3 is 2.75 bits per heavy atom. The average molecular weight is 277 g/mol. The molecule has 0 aromatic heterocycles. The highest BCUT2D eigenvalue weighted by atomic mass is 19.1. The van der Waals surface area contributed by atoms with Crippen LogP contribution in [0.15, 0.2) is 24.3 Å². The first kappa shape index (κ1) is 15.2. The second-order valence-corrected chi connectivity index (χ2v) is 6.61. The molecule has 2 nitrogen and oxygen atoms in total. The maximum atomic E-state index is 13.9. The second kappa shape index (κ2) is 6.04. The third-order valence-electron chi connectivity index (χ3n) is 4.30. The van der Waals surface area contributed by atoms with Crippen molar-refractivity contribution >= 4 is 5.78 Å². The molecule has 3 heteroatoms. The van der Waals surface area contributed by atoms with Gasteiger partial charge < -0.3 is 4.90 Å². The molecular formula is C17H24FNO. The highest BCUT2D eigenvalue weighted by molar-refractivity contribution is 5.82. The molecular weight excluding hydrogens is 253 g/mol. The standard InChI is InChI=1S/C17H24FNO/c1-17(2,14-8-4-5-9-15(14)18)11-16(20)13-7-6-10-19(3)12-13/h4-5,8-9,13H,6-7,10-12H2,1-3H3/t13-/m0/s1. The Balaban J connectivity index is 2.08. The number of halogens is 1. The summed E-state index contributed by atoms with van der Waals surface area (Å²) in [7, 11) is 2.06. The number of benzene rings is 1. The highest BCUT2D eigenvalue weighted by Crippen LogP contribution is 2.31. The molecule has 0 unspecified atom stereocenters. The molecule has 0 amide bonds. The summed E-state index contributed by atoms with van der Waals surface area (Å²) in [6.45, 7) is 5.82. The molecule has 1 aliphatic heterocycles. The van der Waals surface area contributed by atoms with Crippen LogP contribution in [0.1, 0.15) is 38.7 Å². The van der Waals surface area contributed by atoms with Crippen molar-refractivity contribution in [3.63, 3.8) is 0 Å². The monoisotopic (exact) mass is 277 g/mol. The van der Waals surface area contributed by atoms with Crippen molar-refractivity contribution in [3.05, 3.63) is 35.6 Å². The number of carbonyl (C=O) groups excluding carboxylic acids is 1. The second-order valence-electron chi connectivity index (χ2n) is 6.61. The number of carbonyl (C=O) groups is 1. The van der Waals surface area contributed by atoms with Gasteiger partial charge in [-0.1, -0.05) is 32.0 Å². The minimum Gasteiger partial charge on any atom is -0.306 e. The van der Waals surface area contributed by atoms with Crippen molar-refractivity contribution in [3.8, 4) is 0 Å². The molecule has 0 radical (unpaired) electrons. The Kier molecular flexibility index (Phi) is 4.59. The number of hydrogen-bond donors (Lipinski definition) is 0. The molecule has 0 bridgehead atoms. The van der Waals surface area contributed by atoms with E-state index >= 15 is 0 Å². The summed E-state index contributed by atoms with van der Waals surface area (Å²) in [5, 5.41) is 0. The van der Waals surface area contributed by atoms with Gasteiger partial charge in [-0.3, -0.25) is 4.79 Å². The fourth-order valence-electron chi connectivity index (χ4n) is 3.11. The first-order valence-electron chi connectivity index (χ1n) is 7.36. The number of hydrogen-bond acceptors (Lipinski definition) is 2. The van der Waals surface area contributed by atoms with Gasteiger partial charge in [0.2, 0.25) is 0 Å². The third-order valence-corrected chi connectivity index (χ3v) is 4.30. The van der Waals surface area contributed by atoms with Gasteiger partial charge >= 0.3 is 0 Å². The number of rotatable bonds is 4. The molecule has 1 saturated heterocycles. The van der Waals surface area contributed by atoms with Gasteiger partial charge in [0, 0.05) is 18.9 Å². The Hall–Kier alpha value is -1.22. The lowest BCUT2D eigenvalue weighted by Crippen LogP contribution is -2.38. The van der Waals surface area contributed by atoms with Crippen LogP contribution in [0.25, 0.3) is 0 Å². The summed E-state index contributed by atoms with van der Waals surface area (Å²) < 4.78 is 13.9. The van der Waals surface area contributed by atoms with Crippen LogP contribution in [0.4, 0.5) is 4.39 Å². The molecule has 1 heterocycles. The number of nitrogens with zero attached hydrogens (tertiary/aromatic N) is 1. The Labute approximate surface area is 121 Å². The van der Waals surface area contributed by atoms with Crippen LogP contribution in [0.5, 0.6) is 0 Å². The van der Waals surface area contributed by atoms with E-state index in [1.54, 1.807) is 12.1 Å². The van der Waals surface area contributed by atoms with E-state index < -0.39 is 5.41 Å². The fraction of sp³-hybridized carbons (Fsp3) is 0.588. The minimum absolute atomic E-state index is 0.111. The summed E-state index contributed by atoms with van der Waals surface area (Å²) >= 11 is 0. The van der Waals surface area contributed by atoms with Crippen molar-refractivity contribution in [2.45, 2.75) is 38.5 Å².